The number of nitrogens with two attached hydrogens (primary N) is 1. The smallest absolute Gasteiger partial charge is 0.274 e. The van der Waals surface area contributed by atoms with Gasteiger partial charge in [0.15, 0.2) is 0 Å². The molecule has 0 radical (unpaired) electrons. The molecule has 0 bridgehead atoms. The van der Waals surface area contributed by atoms with Gasteiger partial charge in [-0.25, -0.2) is 0 Å². The van der Waals surface area contributed by atoms with E-state index in [4.69, 9.17) is 5.73 Å². The van der Waals surface area contributed by atoms with Crippen LogP contribution < -0.4 is 11.1 Å². The van der Waals surface area contributed by atoms with E-state index < -0.39 is 4.92 Å². The van der Waals surface area contributed by atoms with Gasteiger partial charge in [-0.1, -0.05) is 6.07 Å². The van der Waals surface area contributed by atoms with Gasteiger partial charge < -0.3 is 11.1 Å². The number of carbonyl (C=O) groups is 1. The second-order valence-electron chi connectivity index (χ2n) is 4.33. The third kappa shape index (κ3) is 2.92. The minimum absolute atomic E-state index is 0.0277. The molecule has 0 unspecified atom stereocenters. The van der Waals surface area contributed by atoms with Crippen molar-refractivity contribution in [2.75, 3.05) is 11.1 Å². The van der Waals surface area contributed by atoms with Gasteiger partial charge in [0, 0.05) is 28.6 Å². The lowest BCUT2D eigenvalue weighted by atomic mass is 10.1. The van der Waals surface area contributed by atoms with E-state index in [1.165, 1.54) is 6.07 Å². The van der Waals surface area contributed by atoms with Crippen molar-refractivity contribution in [3.8, 4) is 0 Å². The van der Waals surface area contributed by atoms with Crippen LogP contribution in [0.5, 0.6) is 0 Å². The summed E-state index contributed by atoms with van der Waals surface area (Å²) in [7, 11) is 0. The van der Waals surface area contributed by atoms with Gasteiger partial charge in [-0.2, -0.15) is 0 Å². The van der Waals surface area contributed by atoms with Gasteiger partial charge in [-0.05, 0) is 37.3 Å². The molecule has 20 heavy (non-hydrogen) atoms. The van der Waals surface area contributed by atoms with E-state index in [0.717, 1.165) is 0 Å². The van der Waals surface area contributed by atoms with Crippen LogP contribution in [0.4, 0.5) is 17.1 Å². The molecule has 102 valence electrons. The molecule has 3 N–H and O–H groups in total. The summed E-state index contributed by atoms with van der Waals surface area (Å²) in [5, 5.41) is 13.5. The molecule has 0 saturated heterocycles. The van der Waals surface area contributed by atoms with Crippen LogP contribution in [0.15, 0.2) is 42.5 Å². The molecule has 0 aromatic heterocycles. The second-order valence-corrected chi connectivity index (χ2v) is 4.33. The lowest BCUT2D eigenvalue weighted by molar-refractivity contribution is -0.385. The highest BCUT2D eigenvalue weighted by atomic mass is 16.6. The Morgan fingerprint density at radius 2 is 1.85 bits per heavy atom. The molecule has 6 nitrogen and oxygen atoms in total. The van der Waals surface area contributed by atoms with E-state index in [2.05, 4.69) is 5.32 Å². The van der Waals surface area contributed by atoms with Gasteiger partial charge in [-0.3, -0.25) is 14.9 Å². The van der Waals surface area contributed by atoms with Crippen molar-refractivity contribution in [2.45, 2.75) is 6.92 Å². The van der Waals surface area contributed by atoms with Gasteiger partial charge in [0.25, 0.3) is 11.6 Å². The molecule has 0 aliphatic heterocycles. The molecule has 2 aromatic rings. The highest BCUT2D eigenvalue weighted by molar-refractivity contribution is 6.04. The molecule has 2 aromatic carbocycles. The third-order valence-electron chi connectivity index (χ3n) is 2.84. The van der Waals surface area contributed by atoms with Crippen LogP contribution in [0.1, 0.15) is 15.9 Å². The van der Waals surface area contributed by atoms with Crippen molar-refractivity contribution < 1.29 is 9.72 Å². The molecule has 1 amide bonds. The lowest BCUT2D eigenvalue weighted by Gasteiger charge is -2.06. The van der Waals surface area contributed by atoms with E-state index in [1.807, 2.05) is 0 Å². The molecule has 0 saturated carbocycles. The van der Waals surface area contributed by atoms with Crippen LogP contribution in [-0.2, 0) is 0 Å². The number of hydrogen-bond donors (Lipinski definition) is 2. The normalized spacial score (nSPS) is 10.1. The Morgan fingerprint density at radius 3 is 2.45 bits per heavy atom. The monoisotopic (exact) mass is 271 g/mol. The SMILES string of the molecule is Cc1ccc(NC(=O)c2ccc(N)cc2)cc1[N+](=O)[O-]. The number of carbonyl (C=O) groups excluding carboxylic acids is 1. The van der Waals surface area contributed by atoms with Gasteiger partial charge in [0.2, 0.25) is 0 Å². The molecule has 0 aliphatic rings. The number of aryl methyl sites for hydroxylation is 1. The number of nitrogen functional groups attached to an aromatic ring is 1. The van der Waals surface area contributed by atoms with Gasteiger partial charge in [0.1, 0.15) is 0 Å². The summed E-state index contributed by atoms with van der Waals surface area (Å²) in [6.07, 6.45) is 0. The molecule has 0 atom stereocenters. The van der Waals surface area contributed by atoms with Crippen LogP contribution in [0.25, 0.3) is 0 Å². The maximum atomic E-state index is 12.0. The van der Waals surface area contributed by atoms with Crippen molar-refractivity contribution in [1.29, 1.82) is 0 Å². The van der Waals surface area contributed by atoms with Crippen molar-refractivity contribution in [3.63, 3.8) is 0 Å². The molecule has 0 spiro atoms. The fourth-order valence-electron chi connectivity index (χ4n) is 1.72. The first-order valence-corrected chi connectivity index (χ1v) is 5.89. The maximum absolute atomic E-state index is 12.0. The predicted molar refractivity (Wildman–Crippen MR) is 76.6 cm³/mol. The second kappa shape index (κ2) is 5.40. The Balaban J connectivity index is 2.21. The van der Waals surface area contributed by atoms with E-state index in [-0.39, 0.29) is 11.6 Å². The minimum Gasteiger partial charge on any atom is -0.399 e. The Kier molecular flexibility index (Phi) is 3.65. The zero-order valence-electron chi connectivity index (χ0n) is 10.8. The predicted octanol–water partition coefficient (Wildman–Crippen LogP) is 2.74. The van der Waals surface area contributed by atoms with Crippen molar-refractivity contribution >= 4 is 23.0 Å². The molecule has 0 heterocycles. The fourth-order valence-corrected chi connectivity index (χ4v) is 1.72. The first-order chi connectivity index (χ1) is 9.47. The molecule has 2 rings (SSSR count). The number of nitrogens with zero attached hydrogens (tertiary/aromatic N) is 1. The van der Waals surface area contributed by atoms with Crippen molar-refractivity contribution in [3.05, 3.63) is 63.7 Å². The van der Waals surface area contributed by atoms with E-state index in [1.54, 1.807) is 43.3 Å². The Labute approximate surface area is 115 Å². The quantitative estimate of drug-likeness (QED) is 0.509. The lowest BCUT2D eigenvalue weighted by Crippen LogP contribution is -2.12. The van der Waals surface area contributed by atoms with Crippen LogP contribution in [0, 0.1) is 17.0 Å². The first-order valence-electron chi connectivity index (χ1n) is 5.89. The number of rotatable bonds is 3. The molecular weight excluding hydrogens is 258 g/mol. The highest BCUT2D eigenvalue weighted by Gasteiger charge is 2.13. The summed E-state index contributed by atoms with van der Waals surface area (Å²) in [6.45, 7) is 1.64. The van der Waals surface area contributed by atoms with E-state index in [0.29, 0.717) is 22.5 Å². The maximum Gasteiger partial charge on any atom is 0.274 e. The molecule has 0 aliphatic carbocycles. The average molecular weight is 271 g/mol. The van der Waals surface area contributed by atoms with Crippen LogP contribution in [0.2, 0.25) is 0 Å². The number of anilines is 2. The Morgan fingerprint density at radius 1 is 1.20 bits per heavy atom. The summed E-state index contributed by atoms with van der Waals surface area (Å²) in [4.78, 5) is 22.3. The summed E-state index contributed by atoms with van der Waals surface area (Å²) in [5.74, 6) is -0.344. The van der Waals surface area contributed by atoms with Crippen molar-refractivity contribution in [2.24, 2.45) is 0 Å². The summed E-state index contributed by atoms with van der Waals surface area (Å²) < 4.78 is 0. The molecular formula is C14H13N3O3. The highest BCUT2D eigenvalue weighted by Crippen LogP contribution is 2.22. The van der Waals surface area contributed by atoms with Crippen molar-refractivity contribution in [1.82, 2.24) is 0 Å². The number of benzene rings is 2. The van der Waals surface area contributed by atoms with Gasteiger partial charge >= 0.3 is 0 Å². The largest absolute Gasteiger partial charge is 0.399 e. The average Bonchev–Trinajstić information content (AvgIpc) is 2.41. The van der Waals surface area contributed by atoms with E-state index >= 15 is 0 Å². The zero-order valence-corrected chi connectivity index (χ0v) is 10.8. The summed E-state index contributed by atoms with van der Waals surface area (Å²) >= 11 is 0. The zero-order chi connectivity index (χ0) is 14.7. The Bertz CT molecular complexity index is 666. The van der Waals surface area contributed by atoms with Gasteiger partial charge in [-0.15, -0.1) is 0 Å². The van der Waals surface area contributed by atoms with Crippen LogP contribution in [-0.4, -0.2) is 10.8 Å². The first kappa shape index (κ1) is 13.5. The minimum atomic E-state index is -0.478. The third-order valence-corrected chi connectivity index (χ3v) is 2.84. The molecule has 0 fully saturated rings. The fraction of sp³-hybridized carbons (Fsp3) is 0.0714. The number of amides is 1. The molecule has 6 heteroatoms. The standard InChI is InChI=1S/C14H13N3O3/c1-9-2-7-12(8-13(9)17(19)20)16-14(18)10-3-5-11(15)6-4-10/h2-8H,15H2,1H3,(H,16,18). The van der Waals surface area contributed by atoms with Crippen LogP contribution in [0.3, 0.4) is 0 Å². The number of nitro groups is 1. The number of nitro benzene ring substituents is 1. The summed E-state index contributed by atoms with van der Waals surface area (Å²) in [5.41, 5.74) is 7.43. The van der Waals surface area contributed by atoms with Gasteiger partial charge in [0.05, 0.1) is 4.92 Å². The number of hydrogen-bond acceptors (Lipinski definition) is 4. The number of nitrogens with one attached hydrogen (secondary N) is 1. The van der Waals surface area contributed by atoms with E-state index in [9.17, 15) is 14.9 Å². The Hall–Kier alpha value is -2.89. The summed E-state index contributed by atoms with van der Waals surface area (Å²) in [6, 6.07) is 11.0. The topological polar surface area (TPSA) is 98.3 Å². The van der Waals surface area contributed by atoms with Crippen LogP contribution >= 0.6 is 0 Å².